The number of methoxy groups -OCH3 is 2. The lowest BCUT2D eigenvalue weighted by atomic mass is 9.77. The lowest BCUT2D eigenvalue weighted by Crippen LogP contribution is -3.10. The molecule has 2 heterocycles. The SMILES string of the molecule is COc1cc2c(c(-c3c(O)c(OC)cc4c3[C@H](Cc3ccccc3)[NH+](C)CC4)c1O)[C@@H](Cc1ccccc1)[NH+](C)CC2. The maximum atomic E-state index is 12.0. The van der Waals surface area contributed by atoms with Crippen molar-refractivity contribution in [1.29, 1.82) is 0 Å². The van der Waals surface area contributed by atoms with E-state index in [1.807, 2.05) is 24.3 Å². The third kappa shape index (κ3) is 4.99. The van der Waals surface area contributed by atoms with Gasteiger partial charge in [0, 0.05) is 47.9 Å². The van der Waals surface area contributed by atoms with Crippen LogP contribution in [-0.4, -0.2) is 51.6 Å². The van der Waals surface area contributed by atoms with Gasteiger partial charge in [-0.3, -0.25) is 0 Å². The van der Waals surface area contributed by atoms with E-state index < -0.39 is 0 Å². The van der Waals surface area contributed by atoms with Crippen LogP contribution in [0.3, 0.4) is 0 Å². The molecule has 0 saturated heterocycles. The van der Waals surface area contributed by atoms with Crippen molar-refractivity contribution in [1.82, 2.24) is 0 Å². The van der Waals surface area contributed by atoms with E-state index in [0.717, 1.165) is 49.9 Å². The van der Waals surface area contributed by atoms with Gasteiger partial charge in [0.1, 0.15) is 12.1 Å². The van der Waals surface area contributed by atoms with Gasteiger partial charge >= 0.3 is 0 Å². The van der Waals surface area contributed by atoms with E-state index in [4.69, 9.17) is 9.47 Å². The molecule has 4 aromatic carbocycles. The lowest BCUT2D eigenvalue weighted by Gasteiger charge is -2.37. The summed E-state index contributed by atoms with van der Waals surface area (Å²) in [5, 5.41) is 24.0. The number of quaternary nitrogens is 2. The number of aromatic hydroxyl groups is 2. The first-order valence-electron chi connectivity index (χ1n) is 15.0. The van der Waals surface area contributed by atoms with Gasteiger partial charge in [0.15, 0.2) is 23.0 Å². The second kappa shape index (κ2) is 11.7. The Hall–Kier alpha value is -4.00. The highest BCUT2D eigenvalue weighted by molar-refractivity contribution is 5.87. The Morgan fingerprint density at radius 3 is 1.38 bits per heavy atom. The second-order valence-corrected chi connectivity index (χ2v) is 11.9. The van der Waals surface area contributed by atoms with E-state index in [9.17, 15) is 10.2 Å². The van der Waals surface area contributed by atoms with E-state index in [0.29, 0.717) is 22.6 Å². The smallest absolute Gasteiger partial charge is 0.166 e. The number of likely N-dealkylation sites (N-methyl/N-ethyl adjacent to an activating group) is 2. The fraction of sp³-hybridized carbons (Fsp3) is 0.333. The zero-order valence-corrected chi connectivity index (χ0v) is 25.0. The fourth-order valence-electron chi connectivity index (χ4n) is 7.22. The monoisotopic (exact) mass is 566 g/mol. The zero-order chi connectivity index (χ0) is 29.4. The van der Waals surface area contributed by atoms with Crippen LogP contribution in [0.25, 0.3) is 11.1 Å². The number of phenols is 2. The molecule has 6 heteroatoms. The average Bonchev–Trinajstić information content (AvgIpc) is 3.01. The molecule has 0 amide bonds. The molecule has 0 radical (unpaired) electrons. The molecule has 4 atom stereocenters. The summed E-state index contributed by atoms with van der Waals surface area (Å²) >= 11 is 0. The van der Waals surface area contributed by atoms with Crippen molar-refractivity contribution in [3.8, 4) is 34.1 Å². The highest BCUT2D eigenvalue weighted by Crippen LogP contribution is 2.53. The molecule has 4 N–H and O–H groups in total. The molecular formula is C36H42N2O4+2. The van der Waals surface area contributed by atoms with Gasteiger partial charge in [-0.25, -0.2) is 0 Å². The molecular weight excluding hydrogens is 524 g/mol. The first-order chi connectivity index (χ1) is 20.4. The molecule has 0 aliphatic carbocycles. The number of benzene rings is 4. The van der Waals surface area contributed by atoms with Crippen LogP contribution in [0.5, 0.6) is 23.0 Å². The Bertz CT molecular complexity index is 1450. The predicted octanol–water partition coefficient (Wildman–Crippen LogP) is 3.49. The molecule has 0 spiro atoms. The molecule has 0 bridgehead atoms. The molecule has 4 aromatic rings. The lowest BCUT2D eigenvalue weighted by molar-refractivity contribution is -0.914. The molecule has 6 rings (SSSR count). The first-order valence-corrected chi connectivity index (χ1v) is 15.0. The van der Waals surface area contributed by atoms with Crippen LogP contribution >= 0.6 is 0 Å². The number of nitrogens with one attached hydrogen (secondary N) is 2. The average molecular weight is 567 g/mol. The van der Waals surface area contributed by atoms with Crippen molar-refractivity contribution in [3.05, 3.63) is 106 Å². The van der Waals surface area contributed by atoms with Crippen LogP contribution in [0, 0.1) is 0 Å². The summed E-state index contributed by atoms with van der Waals surface area (Å²) in [5.74, 6) is 1.04. The number of rotatable bonds is 7. The molecule has 2 aliphatic heterocycles. The van der Waals surface area contributed by atoms with E-state index in [1.54, 1.807) is 14.2 Å². The van der Waals surface area contributed by atoms with E-state index >= 15 is 0 Å². The summed E-state index contributed by atoms with van der Waals surface area (Å²) in [7, 11) is 7.67. The Balaban J connectivity index is 1.64. The van der Waals surface area contributed by atoms with Crippen LogP contribution in [0.2, 0.25) is 0 Å². The van der Waals surface area contributed by atoms with Crippen molar-refractivity contribution in [3.63, 3.8) is 0 Å². The molecule has 6 nitrogen and oxygen atoms in total. The summed E-state index contributed by atoms with van der Waals surface area (Å²) in [4.78, 5) is 2.77. The third-order valence-corrected chi connectivity index (χ3v) is 9.50. The highest BCUT2D eigenvalue weighted by atomic mass is 16.5. The second-order valence-electron chi connectivity index (χ2n) is 11.9. The first kappa shape index (κ1) is 28.1. The topological polar surface area (TPSA) is 67.8 Å². The normalized spacial score (nSPS) is 21.3. The minimum Gasteiger partial charge on any atom is -0.504 e. The van der Waals surface area contributed by atoms with Crippen LogP contribution < -0.4 is 19.3 Å². The minimum atomic E-state index is 0.0800. The van der Waals surface area contributed by atoms with Gasteiger partial charge in [0.25, 0.3) is 0 Å². The van der Waals surface area contributed by atoms with Crippen molar-refractivity contribution >= 4 is 0 Å². The van der Waals surface area contributed by atoms with Gasteiger partial charge in [0.05, 0.1) is 41.4 Å². The summed E-state index contributed by atoms with van der Waals surface area (Å²) in [6.07, 6.45) is 3.37. The van der Waals surface area contributed by atoms with Gasteiger partial charge in [-0.2, -0.15) is 0 Å². The summed E-state index contributed by atoms with van der Waals surface area (Å²) in [6.45, 7) is 1.95. The molecule has 0 saturated carbocycles. The third-order valence-electron chi connectivity index (χ3n) is 9.50. The van der Waals surface area contributed by atoms with Crippen LogP contribution in [0.4, 0.5) is 0 Å². The minimum absolute atomic E-state index is 0.0800. The van der Waals surface area contributed by atoms with Gasteiger partial charge < -0.3 is 29.5 Å². The van der Waals surface area contributed by atoms with E-state index in [2.05, 4.69) is 62.6 Å². The molecule has 0 aromatic heterocycles. The molecule has 2 unspecified atom stereocenters. The van der Waals surface area contributed by atoms with Crippen LogP contribution in [0.15, 0.2) is 72.8 Å². The maximum absolute atomic E-state index is 12.0. The standard InChI is InChI=1S/C36H40N2O4/c1-37-17-15-25-21-29(41-3)35(39)33(31(25)27(37)19-23-11-7-5-8-12-23)34-32-26(22-30(42-4)36(34)40)16-18-38(2)28(32)20-24-13-9-6-10-14-24/h5-14,21-22,27-28,39-40H,15-20H2,1-4H3/p+2/t27-,28+. The van der Waals surface area contributed by atoms with Crippen molar-refractivity contribution < 1.29 is 29.5 Å². The quantitative estimate of drug-likeness (QED) is 0.277. The number of hydrogen-bond donors (Lipinski definition) is 4. The molecule has 2 aliphatic rings. The van der Waals surface area contributed by atoms with Gasteiger partial charge in [-0.1, -0.05) is 60.7 Å². The summed E-state index contributed by atoms with van der Waals surface area (Å²) in [6, 6.07) is 25.3. The number of ether oxygens (including phenoxy) is 2. The maximum Gasteiger partial charge on any atom is 0.166 e. The Morgan fingerprint density at radius 1 is 0.643 bits per heavy atom. The van der Waals surface area contributed by atoms with Gasteiger partial charge in [0.2, 0.25) is 0 Å². The van der Waals surface area contributed by atoms with Crippen LogP contribution in [-0.2, 0) is 25.7 Å². The predicted molar refractivity (Wildman–Crippen MR) is 165 cm³/mol. The summed E-state index contributed by atoms with van der Waals surface area (Å²) < 4.78 is 11.5. The fourth-order valence-corrected chi connectivity index (χ4v) is 7.22. The van der Waals surface area contributed by atoms with Crippen molar-refractivity contribution in [2.24, 2.45) is 0 Å². The number of fused-ring (bicyclic) bond motifs is 2. The zero-order valence-electron chi connectivity index (χ0n) is 25.0. The molecule has 0 fully saturated rings. The van der Waals surface area contributed by atoms with Crippen molar-refractivity contribution in [2.45, 2.75) is 37.8 Å². The molecule has 218 valence electrons. The van der Waals surface area contributed by atoms with Crippen LogP contribution in [0.1, 0.15) is 45.5 Å². The Labute approximate surface area is 248 Å². The van der Waals surface area contributed by atoms with E-state index in [-0.39, 0.29) is 23.6 Å². The van der Waals surface area contributed by atoms with E-state index in [1.165, 1.54) is 32.1 Å². The van der Waals surface area contributed by atoms with Gasteiger partial charge in [-0.15, -0.1) is 0 Å². The number of phenolic OH excluding ortho intramolecular Hbond substituents is 2. The largest absolute Gasteiger partial charge is 0.504 e. The highest BCUT2D eigenvalue weighted by Gasteiger charge is 2.40. The van der Waals surface area contributed by atoms with Crippen molar-refractivity contribution in [2.75, 3.05) is 41.4 Å². The van der Waals surface area contributed by atoms with Gasteiger partial charge in [-0.05, 0) is 34.4 Å². The summed E-state index contributed by atoms with van der Waals surface area (Å²) in [5.41, 5.74) is 8.38. The Kier molecular flexibility index (Phi) is 7.84. The Morgan fingerprint density at radius 2 is 1.02 bits per heavy atom. The molecule has 42 heavy (non-hydrogen) atoms. The number of hydrogen-bond acceptors (Lipinski definition) is 4.